The molecule has 1 amide bonds. The zero-order chi connectivity index (χ0) is 21.3. The van der Waals surface area contributed by atoms with Gasteiger partial charge in [0.25, 0.3) is 0 Å². The first-order valence-electron chi connectivity index (χ1n) is 10.6. The minimum atomic E-state index is 0.181. The van der Waals surface area contributed by atoms with E-state index in [1.54, 1.807) is 25.3 Å². The van der Waals surface area contributed by atoms with E-state index in [-0.39, 0.29) is 11.7 Å². The van der Waals surface area contributed by atoms with Crippen LogP contribution in [0.25, 0.3) is 0 Å². The van der Waals surface area contributed by atoms with Crippen molar-refractivity contribution in [2.45, 2.75) is 13.5 Å². The molecule has 0 radical (unpaired) electrons. The molecule has 0 saturated carbocycles. The third-order valence-electron chi connectivity index (χ3n) is 5.42. The summed E-state index contributed by atoms with van der Waals surface area (Å²) >= 11 is 0. The van der Waals surface area contributed by atoms with Crippen LogP contribution >= 0.6 is 0 Å². The molecule has 0 aromatic heterocycles. The molecule has 30 heavy (non-hydrogen) atoms. The second kappa shape index (κ2) is 11.0. The maximum Gasteiger partial charge on any atom is 0.236 e. The van der Waals surface area contributed by atoms with Gasteiger partial charge in [0.1, 0.15) is 11.5 Å². The Morgan fingerprint density at radius 2 is 1.90 bits per heavy atom. The van der Waals surface area contributed by atoms with E-state index in [4.69, 9.17) is 14.5 Å². The smallest absolute Gasteiger partial charge is 0.236 e. The molecule has 2 fully saturated rings. The first-order chi connectivity index (χ1) is 14.6. The number of carbonyl (C=O) groups excluding carboxylic acids is 1. The number of aliphatic imine (C=N–C) groups is 1. The van der Waals surface area contributed by atoms with Crippen molar-refractivity contribution in [2.24, 2.45) is 4.99 Å². The molecule has 0 spiro atoms. The average molecular weight is 420 g/mol. The molecule has 0 aliphatic carbocycles. The maximum atomic E-state index is 12.5. The number of morpholine rings is 1. The maximum absolute atomic E-state index is 12.5. The van der Waals surface area contributed by atoms with Gasteiger partial charge in [0.15, 0.2) is 5.96 Å². The predicted molar refractivity (Wildman–Crippen MR) is 115 cm³/mol. The van der Waals surface area contributed by atoms with Crippen molar-refractivity contribution in [3.05, 3.63) is 23.8 Å². The van der Waals surface area contributed by atoms with Crippen molar-refractivity contribution in [3.8, 4) is 11.5 Å². The van der Waals surface area contributed by atoms with Crippen LogP contribution < -0.4 is 10.1 Å². The quantitative estimate of drug-likeness (QED) is 0.508. The number of nitrogens with one attached hydrogen (secondary N) is 1. The summed E-state index contributed by atoms with van der Waals surface area (Å²) in [5.41, 5.74) is 0.722. The molecular formula is C21H33N5O4. The molecule has 2 N–H and O–H groups in total. The first-order valence-corrected chi connectivity index (χ1v) is 10.6. The van der Waals surface area contributed by atoms with Crippen LogP contribution in [0, 0.1) is 0 Å². The standard InChI is InChI=1S/C21H33N5O4/c1-3-22-21(23-15-17-14-18(29-2)4-5-19(17)27)26-8-6-24(7-9-26)16-20(28)25-10-12-30-13-11-25/h4-5,14,27H,3,6-13,15-16H2,1-2H3,(H,22,23). The zero-order valence-electron chi connectivity index (χ0n) is 18.0. The number of phenolic OH excluding ortho intramolecular Hbond substituents is 1. The largest absolute Gasteiger partial charge is 0.508 e. The lowest BCUT2D eigenvalue weighted by Crippen LogP contribution is -2.54. The van der Waals surface area contributed by atoms with Gasteiger partial charge in [-0.15, -0.1) is 0 Å². The van der Waals surface area contributed by atoms with Crippen molar-refractivity contribution >= 4 is 11.9 Å². The highest BCUT2D eigenvalue weighted by Crippen LogP contribution is 2.23. The van der Waals surface area contributed by atoms with Gasteiger partial charge in [-0.25, -0.2) is 4.99 Å². The third-order valence-corrected chi connectivity index (χ3v) is 5.42. The molecule has 9 heteroatoms. The SMILES string of the molecule is CCNC(=NCc1cc(OC)ccc1O)N1CCN(CC(=O)N2CCOCC2)CC1. The monoisotopic (exact) mass is 419 g/mol. The minimum absolute atomic E-state index is 0.181. The van der Waals surface area contributed by atoms with Crippen LogP contribution in [0.3, 0.4) is 0 Å². The number of piperazine rings is 1. The number of benzene rings is 1. The van der Waals surface area contributed by atoms with Gasteiger partial charge in [-0.2, -0.15) is 0 Å². The van der Waals surface area contributed by atoms with Gasteiger partial charge in [-0.3, -0.25) is 9.69 Å². The number of rotatable bonds is 6. The fraction of sp³-hybridized carbons (Fsp3) is 0.619. The Morgan fingerprint density at radius 1 is 1.17 bits per heavy atom. The van der Waals surface area contributed by atoms with E-state index in [0.717, 1.165) is 44.2 Å². The number of guanidine groups is 1. The van der Waals surface area contributed by atoms with E-state index in [2.05, 4.69) is 15.1 Å². The molecule has 9 nitrogen and oxygen atoms in total. The third kappa shape index (κ3) is 5.99. The Balaban J connectivity index is 1.54. The van der Waals surface area contributed by atoms with Crippen LogP contribution in [0.2, 0.25) is 0 Å². The van der Waals surface area contributed by atoms with E-state index in [0.29, 0.717) is 45.1 Å². The Kier molecular flexibility index (Phi) is 8.15. The van der Waals surface area contributed by atoms with E-state index in [1.807, 2.05) is 11.8 Å². The number of nitrogens with zero attached hydrogens (tertiary/aromatic N) is 4. The molecule has 2 heterocycles. The summed E-state index contributed by atoms with van der Waals surface area (Å²) in [5, 5.41) is 13.4. The lowest BCUT2D eigenvalue weighted by molar-refractivity contribution is -0.136. The summed E-state index contributed by atoms with van der Waals surface area (Å²) in [6, 6.07) is 5.16. The normalized spacial score (nSPS) is 18.4. The molecule has 166 valence electrons. The van der Waals surface area contributed by atoms with Crippen molar-refractivity contribution < 1.29 is 19.4 Å². The number of ether oxygens (including phenoxy) is 2. The van der Waals surface area contributed by atoms with Gasteiger partial charge in [0.2, 0.25) is 5.91 Å². The molecule has 1 aromatic rings. The molecule has 2 aliphatic rings. The number of methoxy groups -OCH3 is 1. The van der Waals surface area contributed by atoms with Gasteiger partial charge in [0, 0.05) is 51.4 Å². The topological polar surface area (TPSA) is 89.9 Å². The van der Waals surface area contributed by atoms with Crippen molar-refractivity contribution in [1.82, 2.24) is 20.0 Å². The highest BCUT2D eigenvalue weighted by atomic mass is 16.5. The van der Waals surface area contributed by atoms with E-state index >= 15 is 0 Å². The van der Waals surface area contributed by atoms with Crippen LogP contribution in [0.4, 0.5) is 0 Å². The van der Waals surface area contributed by atoms with Gasteiger partial charge >= 0.3 is 0 Å². The van der Waals surface area contributed by atoms with Gasteiger partial charge in [-0.1, -0.05) is 0 Å². The molecule has 3 rings (SSSR count). The summed E-state index contributed by atoms with van der Waals surface area (Å²) in [5.74, 6) is 1.91. The Hall–Kier alpha value is -2.52. The summed E-state index contributed by atoms with van der Waals surface area (Å²) in [4.78, 5) is 23.5. The van der Waals surface area contributed by atoms with Crippen molar-refractivity contribution in [3.63, 3.8) is 0 Å². The van der Waals surface area contributed by atoms with Gasteiger partial charge < -0.3 is 29.7 Å². The fourth-order valence-electron chi connectivity index (χ4n) is 3.62. The minimum Gasteiger partial charge on any atom is -0.508 e. The second-order valence-corrected chi connectivity index (χ2v) is 7.42. The molecule has 0 bridgehead atoms. The molecule has 2 aliphatic heterocycles. The molecule has 2 saturated heterocycles. The average Bonchev–Trinajstić information content (AvgIpc) is 2.79. The van der Waals surface area contributed by atoms with E-state index < -0.39 is 0 Å². The molecule has 1 aromatic carbocycles. The van der Waals surface area contributed by atoms with Crippen LogP contribution in [0.5, 0.6) is 11.5 Å². The number of hydrogen-bond donors (Lipinski definition) is 2. The number of phenols is 1. The predicted octanol–water partition coefficient (Wildman–Crippen LogP) is 0.343. The van der Waals surface area contributed by atoms with Crippen molar-refractivity contribution in [1.29, 1.82) is 0 Å². The lowest BCUT2D eigenvalue weighted by Gasteiger charge is -2.37. The van der Waals surface area contributed by atoms with Crippen LogP contribution in [-0.4, -0.2) is 104 Å². The Labute approximate surface area is 178 Å². The number of aromatic hydroxyl groups is 1. The lowest BCUT2D eigenvalue weighted by atomic mass is 10.2. The zero-order valence-corrected chi connectivity index (χ0v) is 18.0. The van der Waals surface area contributed by atoms with Crippen LogP contribution in [-0.2, 0) is 16.1 Å². The number of amides is 1. The van der Waals surface area contributed by atoms with Gasteiger partial charge in [0.05, 0.1) is 33.4 Å². The molecule has 0 atom stereocenters. The van der Waals surface area contributed by atoms with Crippen LogP contribution in [0.15, 0.2) is 23.2 Å². The highest BCUT2D eigenvalue weighted by Gasteiger charge is 2.24. The van der Waals surface area contributed by atoms with E-state index in [1.165, 1.54) is 0 Å². The van der Waals surface area contributed by atoms with Crippen LogP contribution in [0.1, 0.15) is 12.5 Å². The van der Waals surface area contributed by atoms with Crippen molar-refractivity contribution in [2.75, 3.05) is 72.7 Å². The summed E-state index contributed by atoms with van der Waals surface area (Å²) < 4.78 is 10.6. The summed E-state index contributed by atoms with van der Waals surface area (Å²) in [6.45, 7) is 9.47. The summed E-state index contributed by atoms with van der Waals surface area (Å²) in [6.07, 6.45) is 0. The van der Waals surface area contributed by atoms with Gasteiger partial charge in [-0.05, 0) is 25.1 Å². The first kappa shape index (κ1) is 22.2. The Morgan fingerprint density at radius 3 is 2.57 bits per heavy atom. The summed E-state index contributed by atoms with van der Waals surface area (Å²) in [7, 11) is 1.60. The second-order valence-electron chi connectivity index (χ2n) is 7.42. The Bertz CT molecular complexity index is 728. The number of carbonyl (C=O) groups is 1. The highest BCUT2D eigenvalue weighted by molar-refractivity contribution is 5.80. The molecule has 0 unspecified atom stereocenters. The molecular weight excluding hydrogens is 386 g/mol. The fourth-order valence-corrected chi connectivity index (χ4v) is 3.62. The number of hydrogen-bond acceptors (Lipinski definition) is 6. The van der Waals surface area contributed by atoms with E-state index in [9.17, 15) is 9.90 Å².